The highest BCUT2D eigenvalue weighted by molar-refractivity contribution is 5.98. The Morgan fingerprint density at radius 2 is 2.12 bits per heavy atom. The summed E-state index contributed by atoms with van der Waals surface area (Å²) in [4.78, 5) is 34.0. The van der Waals surface area contributed by atoms with Crippen LogP contribution in [0.15, 0.2) is 36.5 Å². The summed E-state index contributed by atoms with van der Waals surface area (Å²) in [6.45, 7) is 4.38. The van der Waals surface area contributed by atoms with Crippen molar-refractivity contribution in [1.29, 1.82) is 5.26 Å². The van der Waals surface area contributed by atoms with E-state index in [1.165, 1.54) is 0 Å². The zero-order valence-corrected chi connectivity index (χ0v) is 19.8. The van der Waals surface area contributed by atoms with Gasteiger partial charge in [0.15, 0.2) is 0 Å². The van der Waals surface area contributed by atoms with Gasteiger partial charge in [-0.05, 0) is 43.5 Å². The molecule has 8 heteroatoms. The largest absolute Gasteiger partial charge is 0.472 e. The smallest absolute Gasteiger partial charge is 0.259 e. The molecule has 3 atom stereocenters. The number of hydrogen-bond acceptors (Lipinski definition) is 6. The van der Waals surface area contributed by atoms with Crippen LogP contribution in [0.3, 0.4) is 0 Å². The molecule has 1 fully saturated rings. The molecule has 1 saturated carbocycles. The van der Waals surface area contributed by atoms with Crippen LogP contribution in [0.2, 0.25) is 0 Å². The van der Waals surface area contributed by atoms with Crippen molar-refractivity contribution in [3.05, 3.63) is 47.7 Å². The molecule has 1 aromatic heterocycles. The third kappa shape index (κ3) is 4.90. The predicted molar refractivity (Wildman–Crippen MR) is 126 cm³/mol. The van der Waals surface area contributed by atoms with E-state index in [-0.39, 0.29) is 42.2 Å². The molecule has 1 aliphatic heterocycles. The third-order valence-corrected chi connectivity index (χ3v) is 6.60. The van der Waals surface area contributed by atoms with Gasteiger partial charge in [-0.1, -0.05) is 19.1 Å². The number of rotatable bonds is 6. The van der Waals surface area contributed by atoms with Crippen LogP contribution in [0.5, 0.6) is 5.88 Å². The van der Waals surface area contributed by atoms with Gasteiger partial charge in [0.05, 0.1) is 30.8 Å². The zero-order valence-electron chi connectivity index (χ0n) is 19.8. The number of hydrogen-bond donors (Lipinski definition) is 1. The first kappa shape index (κ1) is 23.7. The van der Waals surface area contributed by atoms with Crippen LogP contribution >= 0.6 is 0 Å². The second-order valence-electron chi connectivity index (χ2n) is 9.39. The van der Waals surface area contributed by atoms with Crippen LogP contribution in [-0.4, -0.2) is 70.6 Å². The van der Waals surface area contributed by atoms with Crippen molar-refractivity contribution in [3.63, 3.8) is 0 Å². The summed E-state index contributed by atoms with van der Waals surface area (Å²) in [5, 5.41) is 19.1. The van der Waals surface area contributed by atoms with E-state index in [0.29, 0.717) is 29.8 Å². The van der Waals surface area contributed by atoms with Crippen LogP contribution in [0.4, 0.5) is 0 Å². The molecule has 0 spiro atoms. The van der Waals surface area contributed by atoms with Crippen molar-refractivity contribution in [3.8, 4) is 23.1 Å². The Balaban J connectivity index is 1.71. The number of benzene rings is 1. The average molecular weight is 463 g/mol. The Labute approximate surface area is 199 Å². The second-order valence-corrected chi connectivity index (χ2v) is 9.39. The van der Waals surface area contributed by atoms with Gasteiger partial charge in [0.2, 0.25) is 11.8 Å². The monoisotopic (exact) mass is 462 g/mol. The molecule has 0 bridgehead atoms. The second kappa shape index (κ2) is 9.82. The molecule has 1 aromatic carbocycles. The van der Waals surface area contributed by atoms with Crippen LogP contribution in [0.25, 0.3) is 11.1 Å². The number of aliphatic hydroxyl groups excluding tert-OH is 1. The molecule has 4 rings (SSSR count). The fraction of sp³-hybridized carbons (Fsp3) is 0.462. The van der Waals surface area contributed by atoms with E-state index < -0.39 is 6.04 Å². The molecule has 0 unspecified atom stereocenters. The summed E-state index contributed by atoms with van der Waals surface area (Å²) in [6.07, 6.45) is 3.12. The van der Waals surface area contributed by atoms with Gasteiger partial charge in [0.25, 0.3) is 5.91 Å². The SMILES string of the molecule is C[C@@H]1CN([C@H](C)CO)C(=O)c2cc(-c3cccc(C#N)c3)cnc2O[C@@H]1CN(C)C(=O)C1CC1. The number of fused-ring (bicyclic) bond motifs is 1. The highest BCUT2D eigenvalue weighted by Crippen LogP contribution is 2.33. The standard InChI is InChI=1S/C26H30N4O4/c1-16-13-30(17(2)15-31)26(33)22-10-21(20-6-4-5-18(9-20)11-27)12-28-24(22)34-23(16)14-29(3)25(32)19-7-8-19/h4-6,9-10,12,16-17,19,23,31H,7-8,13-15H2,1-3H3/t16-,17-,23-/m1/s1. The Morgan fingerprint density at radius 1 is 1.35 bits per heavy atom. The van der Waals surface area contributed by atoms with Gasteiger partial charge in [0.1, 0.15) is 11.7 Å². The summed E-state index contributed by atoms with van der Waals surface area (Å²) < 4.78 is 6.27. The number of ether oxygens (including phenoxy) is 1. The Kier molecular flexibility index (Phi) is 6.85. The number of carbonyl (C=O) groups excluding carboxylic acids is 2. The highest BCUT2D eigenvalue weighted by atomic mass is 16.5. The van der Waals surface area contributed by atoms with Gasteiger partial charge >= 0.3 is 0 Å². The minimum absolute atomic E-state index is 0.0886. The van der Waals surface area contributed by atoms with Crippen LogP contribution in [0, 0.1) is 23.2 Å². The molecule has 178 valence electrons. The first-order chi connectivity index (χ1) is 16.3. The van der Waals surface area contributed by atoms with Crippen molar-refractivity contribution < 1.29 is 19.4 Å². The van der Waals surface area contributed by atoms with Gasteiger partial charge in [-0.25, -0.2) is 4.98 Å². The van der Waals surface area contributed by atoms with Gasteiger partial charge in [0, 0.05) is 37.2 Å². The minimum Gasteiger partial charge on any atom is -0.472 e. The number of aromatic nitrogens is 1. The molecule has 34 heavy (non-hydrogen) atoms. The molecule has 1 N–H and O–H groups in total. The third-order valence-electron chi connectivity index (χ3n) is 6.60. The first-order valence-corrected chi connectivity index (χ1v) is 11.7. The van der Waals surface area contributed by atoms with E-state index in [9.17, 15) is 20.0 Å². The molecule has 1 aliphatic carbocycles. The molecule has 2 aliphatic rings. The number of aliphatic hydroxyl groups is 1. The van der Waals surface area contributed by atoms with E-state index in [1.54, 1.807) is 54.2 Å². The summed E-state index contributed by atoms with van der Waals surface area (Å²) in [7, 11) is 1.79. The molecule has 0 saturated heterocycles. The topological polar surface area (TPSA) is 107 Å². The van der Waals surface area contributed by atoms with Crippen molar-refractivity contribution in [2.45, 2.75) is 38.8 Å². The Bertz CT molecular complexity index is 1120. The predicted octanol–water partition coefficient (Wildman–Crippen LogP) is 2.71. The molecule has 2 amide bonds. The lowest BCUT2D eigenvalue weighted by atomic mass is 9.98. The molecule has 8 nitrogen and oxygen atoms in total. The first-order valence-electron chi connectivity index (χ1n) is 11.7. The van der Waals surface area contributed by atoms with Crippen LogP contribution in [-0.2, 0) is 4.79 Å². The van der Waals surface area contributed by atoms with E-state index >= 15 is 0 Å². The number of nitrogens with zero attached hydrogens (tertiary/aromatic N) is 4. The summed E-state index contributed by atoms with van der Waals surface area (Å²) in [6, 6.07) is 10.6. The van der Waals surface area contributed by atoms with Gasteiger partial charge < -0.3 is 19.6 Å². The fourth-order valence-electron chi connectivity index (χ4n) is 4.25. The Hall–Kier alpha value is -3.44. The highest BCUT2D eigenvalue weighted by Gasteiger charge is 2.37. The zero-order chi connectivity index (χ0) is 24.4. The molecular weight excluding hydrogens is 432 g/mol. The number of carbonyl (C=O) groups is 2. The van der Waals surface area contributed by atoms with Crippen molar-refractivity contribution in [2.24, 2.45) is 11.8 Å². The Morgan fingerprint density at radius 3 is 2.79 bits per heavy atom. The number of likely N-dealkylation sites (N-methyl/N-ethyl adjacent to an activating group) is 1. The lowest BCUT2D eigenvalue weighted by molar-refractivity contribution is -0.132. The van der Waals surface area contributed by atoms with Crippen LogP contribution in [0.1, 0.15) is 42.6 Å². The van der Waals surface area contributed by atoms with Crippen LogP contribution < -0.4 is 4.74 Å². The maximum Gasteiger partial charge on any atom is 0.259 e. The van der Waals surface area contributed by atoms with Gasteiger partial charge in [-0.15, -0.1) is 0 Å². The quantitative estimate of drug-likeness (QED) is 0.707. The van der Waals surface area contributed by atoms with Crippen molar-refractivity contribution >= 4 is 11.8 Å². The minimum atomic E-state index is -0.391. The fourth-order valence-corrected chi connectivity index (χ4v) is 4.25. The molecule has 0 radical (unpaired) electrons. The van der Waals surface area contributed by atoms with Crippen molar-refractivity contribution in [2.75, 3.05) is 26.7 Å². The number of amides is 2. The molecular formula is C26H30N4O4. The van der Waals surface area contributed by atoms with Gasteiger partial charge in [-0.3, -0.25) is 9.59 Å². The normalized spacial score (nSPS) is 20.9. The van der Waals surface area contributed by atoms with E-state index in [1.807, 2.05) is 13.0 Å². The van der Waals surface area contributed by atoms with E-state index in [4.69, 9.17) is 4.74 Å². The van der Waals surface area contributed by atoms with Gasteiger partial charge in [-0.2, -0.15) is 5.26 Å². The summed E-state index contributed by atoms with van der Waals surface area (Å²) >= 11 is 0. The lowest BCUT2D eigenvalue weighted by Gasteiger charge is -2.37. The maximum absolute atomic E-state index is 13.6. The number of pyridine rings is 1. The van der Waals surface area contributed by atoms with E-state index in [0.717, 1.165) is 18.4 Å². The van der Waals surface area contributed by atoms with Crippen molar-refractivity contribution in [1.82, 2.24) is 14.8 Å². The summed E-state index contributed by atoms with van der Waals surface area (Å²) in [5.41, 5.74) is 2.27. The average Bonchev–Trinajstić information content (AvgIpc) is 3.70. The molecule has 2 heterocycles. The maximum atomic E-state index is 13.6. The summed E-state index contributed by atoms with van der Waals surface area (Å²) in [5.74, 6) is 0.0856. The lowest BCUT2D eigenvalue weighted by Crippen LogP contribution is -2.50. The number of nitriles is 1. The molecule has 2 aromatic rings. The van der Waals surface area contributed by atoms with E-state index in [2.05, 4.69) is 11.1 Å².